The summed E-state index contributed by atoms with van der Waals surface area (Å²) in [5.74, 6) is 1.41. The molecule has 2 aromatic carbocycles. The summed E-state index contributed by atoms with van der Waals surface area (Å²) in [4.78, 5) is 14.7. The van der Waals surface area contributed by atoms with Crippen molar-refractivity contribution in [2.75, 3.05) is 26.0 Å². The number of benzene rings is 2. The zero-order valence-corrected chi connectivity index (χ0v) is 18.4. The van der Waals surface area contributed by atoms with E-state index in [0.29, 0.717) is 23.4 Å². The van der Waals surface area contributed by atoms with Crippen LogP contribution in [0, 0.1) is 0 Å². The number of nitrogens with one attached hydrogen (secondary N) is 1. The van der Waals surface area contributed by atoms with Crippen LogP contribution in [-0.4, -0.2) is 31.5 Å². The monoisotopic (exact) mass is 402 g/mol. The van der Waals surface area contributed by atoms with Crippen molar-refractivity contribution in [3.63, 3.8) is 0 Å². The highest BCUT2D eigenvalue weighted by molar-refractivity contribution is 6.30. The molecule has 0 heterocycles. The topological polar surface area (TPSA) is 41.6 Å². The number of anilines is 1. The molecule has 0 aliphatic rings. The van der Waals surface area contributed by atoms with Crippen LogP contribution in [0.15, 0.2) is 36.4 Å². The largest absolute Gasteiger partial charge is 0.496 e. The van der Waals surface area contributed by atoms with Crippen molar-refractivity contribution in [1.82, 2.24) is 4.90 Å². The van der Waals surface area contributed by atoms with E-state index in [1.165, 1.54) is 11.1 Å². The van der Waals surface area contributed by atoms with Crippen molar-refractivity contribution in [2.24, 2.45) is 0 Å². The van der Waals surface area contributed by atoms with Gasteiger partial charge >= 0.3 is 0 Å². The minimum Gasteiger partial charge on any atom is -0.496 e. The number of para-hydroxylation sites is 1. The number of amides is 1. The summed E-state index contributed by atoms with van der Waals surface area (Å²) >= 11 is 6.11. The fraction of sp³-hybridized carbons (Fsp3) is 0.435. The molecule has 2 rings (SSSR count). The molecule has 1 amide bonds. The third-order valence-corrected chi connectivity index (χ3v) is 4.97. The van der Waals surface area contributed by atoms with E-state index in [0.717, 1.165) is 17.0 Å². The zero-order valence-electron chi connectivity index (χ0n) is 17.7. The molecule has 0 radical (unpaired) electrons. The SMILES string of the molecule is COc1ccc(Cl)cc1CN(C)CC(=O)Nc1c(C(C)C)cccc1C(C)C. The minimum atomic E-state index is -0.0292. The molecule has 0 unspecified atom stereocenters. The van der Waals surface area contributed by atoms with Gasteiger partial charge in [0.2, 0.25) is 5.91 Å². The number of likely N-dealkylation sites (N-methyl/N-ethyl adjacent to an activating group) is 1. The van der Waals surface area contributed by atoms with Crippen LogP contribution in [0.5, 0.6) is 5.75 Å². The van der Waals surface area contributed by atoms with Crippen LogP contribution in [0.2, 0.25) is 5.02 Å². The van der Waals surface area contributed by atoms with Crippen molar-refractivity contribution < 1.29 is 9.53 Å². The van der Waals surface area contributed by atoms with Crippen LogP contribution in [0.3, 0.4) is 0 Å². The lowest BCUT2D eigenvalue weighted by Crippen LogP contribution is -2.30. The fourth-order valence-corrected chi connectivity index (χ4v) is 3.53. The average molecular weight is 403 g/mol. The van der Waals surface area contributed by atoms with E-state index in [1.54, 1.807) is 13.2 Å². The van der Waals surface area contributed by atoms with Gasteiger partial charge in [-0.25, -0.2) is 0 Å². The lowest BCUT2D eigenvalue weighted by molar-refractivity contribution is -0.117. The molecule has 0 atom stereocenters. The average Bonchev–Trinajstić information content (AvgIpc) is 2.61. The molecular weight excluding hydrogens is 372 g/mol. The third-order valence-electron chi connectivity index (χ3n) is 4.73. The second-order valence-electron chi connectivity index (χ2n) is 7.80. The van der Waals surface area contributed by atoms with Gasteiger partial charge in [-0.15, -0.1) is 0 Å². The smallest absolute Gasteiger partial charge is 0.238 e. The number of rotatable bonds is 8. The van der Waals surface area contributed by atoms with Crippen LogP contribution in [-0.2, 0) is 11.3 Å². The number of methoxy groups -OCH3 is 1. The Bertz CT molecular complexity index is 792. The molecule has 4 nitrogen and oxygen atoms in total. The predicted octanol–water partition coefficient (Wildman–Crippen LogP) is 5.67. The number of carbonyl (C=O) groups excluding carboxylic acids is 1. The molecule has 0 spiro atoms. The Balaban J connectivity index is 2.13. The summed E-state index contributed by atoms with van der Waals surface area (Å²) < 4.78 is 5.40. The Morgan fingerprint density at radius 1 is 1.11 bits per heavy atom. The van der Waals surface area contributed by atoms with Gasteiger partial charge in [-0.2, -0.15) is 0 Å². The molecule has 5 heteroatoms. The van der Waals surface area contributed by atoms with Crippen LogP contribution in [0.25, 0.3) is 0 Å². The van der Waals surface area contributed by atoms with E-state index in [1.807, 2.05) is 24.1 Å². The molecule has 0 fully saturated rings. The maximum atomic E-state index is 12.8. The Morgan fingerprint density at radius 3 is 2.25 bits per heavy atom. The first-order valence-corrected chi connectivity index (χ1v) is 10.0. The second kappa shape index (κ2) is 9.94. The minimum absolute atomic E-state index is 0.0292. The highest BCUT2D eigenvalue weighted by Gasteiger charge is 2.17. The maximum absolute atomic E-state index is 12.8. The second-order valence-corrected chi connectivity index (χ2v) is 8.23. The zero-order chi connectivity index (χ0) is 20.8. The molecule has 2 aromatic rings. The summed E-state index contributed by atoms with van der Waals surface area (Å²) in [5.41, 5.74) is 4.24. The van der Waals surface area contributed by atoms with Crippen LogP contribution >= 0.6 is 11.6 Å². The van der Waals surface area contributed by atoms with Gasteiger partial charge in [0.1, 0.15) is 5.75 Å². The molecular formula is C23H31ClN2O2. The summed E-state index contributed by atoms with van der Waals surface area (Å²) in [6, 6.07) is 11.8. The first-order chi connectivity index (χ1) is 13.2. The summed E-state index contributed by atoms with van der Waals surface area (Å²) in [5, 5.41) is 3.81. The van der Waals surface area contributed by atoms with E-state index in [2.05, 4.69) is 51.2 Å². The lowest BCUT2D eigenvalue weighted by Gasteiger charge is -2.22. The fourth-order valence-electron chi connectivity index (χ4n) is 3.34. The van der Waals surface area contributed by atoms with Crippen molar-refractivity contribution in [1.29, 1.82) is 0 Å². The predicted molar refractivity (Wildman–Crippen MR) is 118 cm³/mol. The van der Waals surface area contributed by atoms with E-state index in [4.69, 9.17) is 16.3 Å². The van der Waals surface area contributed by atoms with Gasteiger partial charge in [-0.05, 0) is 48.2 Å². The number of ether oxygens (including phenoxy) is 1. The summed E-state index contributed by atoms with van der Waals surface area (Å²) in [7, 11) is 3.55. The summed E-state index contributed by atoms with van der Waals surface area (Å²) in [6.07, 6.45) is 0. The van der Waals surface area contributed by atoms with Crippen molar-refractivity contribution in [2.45, 2.75) is 46.1 Å². The van der Waals surface area contributed by atoms with Crippen molar-refractivity contribution in [3.8, 4) is 5.75 Å². The van der Waals surface area contributed by atoms with E-state index in [9.17, 15) is 4.79 Å². The van der Waals surface area contributed by atoms with Gasteiger partial charge in [0, 0.05) is 22.8 Å². The van der Waals surface area contributed by atoms with Gasteiger partial charge < -0.3 is 10.1 Å². The van der Waals surface area contributed by atoms with E-state index < -0.39 is 0 Å². The quantitative estimate of drug-likeness (QED) is 0.618. The van der Waals surface area contributed by atoms with Crippen LogP contribution in [0.1, 0.15) is 56.2 Å². The normalized spacial score (nSPS) is 11.4. The molecule has 0 saturated heterocycles. The van der Waals surface area contributed by atoms with E-state index >= 15 is 0 Å². The molecule has 152 valence electrons. The van der Waals surface area contributed by atoms with Gasteiger partial charge in [0.05, 0.1) is 13.7 Å². The first-order valence-electron chi connectivity index (χ1n) is 9.66. The number of hydrogen-bond donors (Lipinski definition) is 1. The highest BCUT2D eigenvalue weighted by Crippen LogP contribution is 2.32. The lowest BCUT2D eigenvalue weighted by atomic mass is 9.92. The van der Waals surface area contributed by atoms with Gasteiger partial charge in [-0.3, -0.25) is 9.69 Å². The third kappa shape index (κ3) is 5.73. The standard InChI is InChI=1S/C23H31ClN2O2/c1-15(2)19-8-7-9-20(16(3)4)23(19)25-22(27)14-26(5)13-17-12-18(24)10-11-21(17)28-6/h7-12,15-16H,13-14H2,1-6H3,(H,25,27). The Hall–Kier alpha value is -2.04. The Labute approximate surface area is 173 Å². The molecule has 0 aliphatic carbocycles. The highest BCUT2D eigenvalue weighted by atomic mass is 35.5. The van der Waals surface area contributed by atoms with Gasteiger partial charge in [0.25, 0.3) is 0 Å². The van der Waals surface area contributed by atoms with Crippen molar-refractivity contribution in [3.05, 3.63) is 58.1 Å². The summed E-state index contributed by atoms with van der Waals surface area (Å²) in [6.45, 7) is 9.43. The number of nitrogens with zero attached hydrogens (tertiary/aromatic N) is 1. The van der Waals surface area contributed by atoms with E-state index in [-0.39, 0.29) is 12.5 Å². The molecule has 0 bridgehead atoms. The number of hydrogen-bond acceptors (Lipinski definition) is 3. The van der Waals surface area contributed by atoms with Crippen LogP contribution in [0.4, 0.5) is 5.69 Å². The van der Waals surface area contributed by atoms with Gasteiger partial charge in [0.15, 0.2) is 0 Å². The van der Waals surface area contributed by atoms with Gasteiger partial charge in [-0.1, -0.05) is 57.5 Å². The van der Waals surface area contributed by atoms with Crippen LogP contribution < -0.4 is 10.1 Å². The molecule has 28 heavy (non-hydrogen) atoms. The molecule has 0 aliphatic heterocycles. The first kappa shape index (κ1) is 22.3. The van der Waals surface area contributed by atoms with Crippen molar-refractivity contribution >= 4 is 23.2 Å². The Kier molecular flexibility index (Phi) is 7.90. The molecule has 0 aromatic heterocycles. The molecule has 1 N–H and O–H groups in total. The maximum Gasteiger partial charge on any atom is 0.238 e. The Morgan fingerprint density at radius 2 is 1.71 bits per heavy atom. The number of carbonyl (C=O) groups is 1. The molecule has 0 saturated carbocycles. The number of halogens is 1.